The molecule has 1 saturated heterocycles. The van der Waals surface area contributed by atoms with Gasteiger partial charge in [0.1, 0.15) is 0 Å². The number of piperidine rings is 1. The van der Waals surface area contributed by atoms with Crippen LogP contribution in [0, 0.1) is 6.92 Å². The smallest absolute Gasteiger partial charge is 0.0578 e. The fraction of sp³-hybridized carbons (Fsp3) is 0.727. The lowest BCUT2D eigenvalue weighted by atomic mass is 9.79. The molecular formula is C22H37N3O. The highest BCUT2D eigenvalue weighted by Gasteiger charge is 2.38. The molecule has 0 bridgehead atoms. The van der Waals surface area contributed by atoms with Crippen molar-refractivity contribution in [3.63, 3.8) is 0 Å². The number of nitrogens with zero attached hydrogens (tertiary/aromatic N) is 1. The molecule has 1 aliphatic heterocycles. The Kier molecular flexibility index (Phi) is 6.46. The molecule has 0 unspecified atom stereocenters. The summed E-state index contributed by atoms with van der Waals surface area (Å²) in [6, 6.07) is 6.78. The number of nitrogens with two attached hydrogens (primary N) is 1. The molecule has 0 atom stereocenters. The lowest BCUT2D eigenvalue weighted by molar-refractivity contribution is -0.0277. The van der Waals surface area contributed by atoms with E-state index in [2.05, 4.69) is 43.1 Å². The first-order valence-corrected chi connectivity index (χ1v) is 10.5. The summed E-state index contributed by atoms with van der Waals surface area (Å²) in [4.78, 5) is 2.74. The van der Waals surface area contributed by atoms with Gasteiger partial charge in [0.05, 0.1) is 17.5 Å². The number of nitrogen functional groups attached to an aromatic ring is 1. The molecule has 4 heteroatoms. The Morgan fingerprint density at radius 3 is 2.54 bits per heavy atom. The first-order chi connectivity index (χ1) is 12.5. The number of likely N-dealkylation sites (tertiary alicyclic amines) is 1. The van der Waals surface area contributed by atoms with E-state index in [4.69, 9.17) is 10.5 Å². The predicted octanol–water partition coefficient (Wildman–Crippen LogP) is 4.58. The number of nitrogens with one attached hydrogen (secondary N) is 1. The van der Waals surface area contributed by atoms with Crippen molar-refractivity contribution >= 4 is 11.4 Å². The largest absolute Gasteiger partial charge is 0.397 e. The van der Waals surface area contributed by atoms with Crippen LogP contribution < -0.4 is 11.1 Å². The second-order valence-electron chi connectivity index (χ2n) is 8.56. The summed E-state index contributed by atoms with van der Waals surface area (Å²) in [6.07, 6.45) is 8.97. The van der Waals surface area contributed by atoms with E-state index in [1.807, 2.05) is 6.07 Å². The van der Waals surface area contributed by atoms with Crippen LogP contribution in [0.2, 0.25) is 0 Å². The van der Waals surface area contributed by atoms with Crippen LogP contribution in [0.3, 0.4) is 0 Å². The second kappa shape index (κ2) is 8.62. The minimum atomic E-state index is 0.361. The Morgan fingerprint density at radius 2 is 1.88 bits per heavy atom. The van der Waals surface area contributed by atoms with Gasteiger partial charge in [0, 0.05) is 31.3 Å². The van der Waals surface area contributed by atoms with Gasteiger partial charge in [-0.25, -0.2) is 0 Å². The molecule has 26 heavy (non-hydrogen) atoms. The van der Waals surface area contributed by atoms with E-state index < -0.39 is 0 Å². The third kappa shape index (κ3) is 4.72. The van der Waals surface area contributed by atoms with Crippen LogP contribution in [0.15, 0.2) is 18.2 Å². The van der Waals surface area contributed by atoms with Crippen LogP contribution in [0.25, 0.3) is 0 Å². The minimum Gasteiger partial charge on any atom is -0.397 e. The van der Waals surface area contributed by atoms with Crippen LogP contribution in [0.5, 0.6) is 0 Å². The van der Waals surface area contributed by atoms with Crippen LogP contribution in [0.1, 0.15) is 64.4 Å². The number of hydrogen-bond donors (Lipinski definition) is 2. The molecule has 2 aliphatic rings. The molecule has 0 radical (unpaired) electrons. The van der Waals surface area contributed by atoms with E-state index in [0.717, 1.165) is 24.4 Å². The number of aryl methyl sites for hydroxylation is 1. The van der Waals surface area contributed by atoms with Crippen LogP contribution in [-0.4, -0.2) is 42.3 Å². The second-order valence-corrected chi connectivity index (χ2v) is 8.56. The van der Waals surface area contributed by atoms with Crippen molar-refractivity contribution in [2.75, 3.05) is 30.7 Å². The number of ether oxygens (including phenoxy) is 1. The van der Waals surface area contributed by atoms with Crippen molar-refractivity contribution in [1.82, 2.24) is 4.90 Å². The first-order valence-electron chi connectivity index (χ1n) is 10.5. The maximum Gasteiger partial charge on any atom is 0.0578 e. The van der Waals surface area contributed by atoms with Gasteiger partial charge in [-0.1, -0.05) is 13.0 Å². The van der Waals surface area contributed by atoms with Gasteiger partial charge in [0.2, 0.25) is 0 Å². The normalized spacial score (nSPS) is 28.2. The van der Waals surface area contributed by atoms with Crippen molar-refractivity contribution in [3.8, 4) is 0 Å². The highest BCUT2D eigenvalue weighted by molar-refractivity contribution is 5.67. The Labute approximate surface area is 159 Å². The average molecular weight is 360 g/mol. The van der Waals surface area contributed by atoms with E-state index >= 15 is 0 Å². The predicted molar refractivity (Wildman–Crippen MR) is 111 cm³/mol. The molecular weight excluding hydrogens is 322 g/mol. The highest BCUT2D eigenvalue weighted by Crippen LogP contribution is 2.36. The van der Waals surface area contributed by atoms with Gasteiger partial charge in [-0.3, -0.25) is 4.90 Å². The Balaban J connectivity index is 1.48. The number of rotatable bonds is 6. The Morgan fingerprint density at radius 1 is 1.19 bits per heavy atom. The van der Waals surface area contributed by atoms with E-state index in [9.17, 15) is 0 Å². The molecule has 3 rings (SSSR count). The van der Waals surface area contributed by atoms with Gasteiger partial charge < -0.3 is 15.8 Å². The molecule has 1 aliphatic carbocycles. The molecule has 2 fully saturated rings. The zero-order chi connectivity index (χ0) is 18.6. The Hall–Kier alpha value is -1.26. The zero-order valence-electron chi connectivity index (χ0n) is 16.9. The zero-order valence-corrected chi connectivity index (χ0v) is 16.9. The summed E-state index contributed by atoms with van der Waals surface area (Å²) in [5.41, 5.74) is 9.71. The fourth-order valence-electron chi connectivity index (χ4n) is 4.56. The number of hydrogen-bond acceptors (Lipinski definition) is 4. The maximum atomic E-state index is 6.13. The summed E-state index contributed by atoms with van der Waals surface area (Å²) in [5, 5.41) is 3.68. The summed E-state index contributed by atoms with van der Waals surface area (Å²) >= 11 is 0. The fourth-order valence-corrected chi connectivity index (χ4v) is 4.56. The summed E-state index contributed by atoms with van der Waals surface area (Å²) in [6.45, 7) is 10.1. The maximum absolute atomic E-state index is 6.13. The van der Waals surface area contributed by atoms with Crippen molar-refractivity contribution in [1.29, 1.82) is 0 Å². The average Bonchev–Trinajstić information content (AvgIpc) is 2.65. The van der Waals surface area contributed by atoms with Crippen molar-refractivity contribution in [3.05, 3.63) is 23.8 Å². The van der Waals surface area contributed by atoms with E-state index in [1.165, 1.54) is 57.2 Å². The van der Waals surface area contributed by atoms with Crippen LogP contribution >= 0.6 is 0 Å². The van der Waals surface area contributed by atoms with Gasteiger partial charge in [0.15, 0.2) is 0 Å². The van der Waals surface area contributed by atoms with E-state index in [-0.39, 0.29) is 0 Å². The SMILES string of the molecule is CCCOC1CCC(C)(N2CCC(Nc3cc(C)ccc3N)CC2)CC1. The first kappa shape index (κ1) is 19.5. The number of benzene rings is 1. The molecule has 3 N–H and O–H groups in total. The molecule has 1 aromatic carbocycles. The highest BCUT2D eigenvalue weighted by atomic mass is 16.5. The quantitative estimate of drug-likeness (QED) is 0.730. The van der Waals surface area contributed by atoms with Crippen LogP contribution in [-0.2, 0) is 4.74 Å². The van der Waals surface area contributed by atoms with Crippen molar-refractivity contribution < 1.29 is 4.74 Å². The minimum absolute atomic E-state index is 0.361. The third-order valence-electron chi connectivity index (χ3n) is 6.39. The molecule has 0 amide bonds. The summed E-state index contributed by atoms with van der Waals surface area (Å²) in [7, 11) is 0. The lowest BCUT2D eigenvalue weighted by Gasteiger charge is -2.48. The molecule has 1 aromatic rings. The monoisotopic (exact) mass is 359 g/mol. The van der Waals surface area contributed by atoms with Gasteiger partial charge in [0.25, 0.3) is 0 Å². The molecule has 0 aromatic heterocycles. The van der Waals surface area contributed by atoms with Crippen LogP contribution in [0.4, 0.5) is 11.4 Å². The molecule has 1 saturated carbocycles. The van der Waals surface area contributed by atoms with Crippen molar-refractivity contribution in [2.45, 2.75) is 83.4 Å². The standard InChI is InChI=1S/C22H37N3O/c1-4-15-26-19-7-11-22(3,12-8-19)25-13-9-18(10-14-25)24-21-16-17(2)5-6-20(21)23/h5-6,16,18-19,24H,4,7-15,23H2,1-3H3. The topological polar surface area (TPSA) is 50.5 Å². The van der Waals surface area contributed by atoms with E-state index in [1.54, 1.807) is 0 Å². The summed E-state index contributed by atoms with van der Waals surface area (Å²) in [5.74, 6) is 0. The van der Waals surface area contributed by atoms with Gasteiger partial charge in [-0.15, -0.1) is 0 Å². The van der Waals surface area contributed by atoms with Gasteiger partial charge in [-0.2, -0.15) is 0 Å². The lowest BCUT2D eigenvalue weighted by Crippen LogP contribution is -2.53. The summed E-state index contributed by atoms with van der Waals surface area (Å²) < 4.78 is 5.98. The van der Waals surface area contributed by atoms with E-state index in [0.29, 0.717) is 17.7 Å². The van der Waals surface area contributed by atoms with Crippen molar-refractivity contribution in [2.24, 2.45) is 0 Å². The van der Waals surface area contributed by atoms with Gasteiger partial charge >= 0.3 is 0 Å². The molecule has 1 heterocycles. The number of anilines is 2. The molecule has 0 spiro atoms. The molecule has 146 valence electrons. The third-order valence-corrected chi connectivity index (χ3v) is 6.39. The Bertz CT molecular complexity index is 573. The van der Waals surface area contributed by atoms with Gasteiger partial charge in [-0.05, 0) is 76.5 Å². The molecule has 4 nitrogen and oxygen atoms in total.